The minimum atomic E-state index is 0. The van der Waals surface area contributed by atoms with Gasteiger partial charge in [0.1, 0.15) is 5.75 Å². The van der Waals surface area contributed by atoms with Crippen molar-refractivity contribution in [1.29, 1.82) is 0 Å². The summed E-state index contributed by atoms with van der Waals surface area (Å²) in [5.41, 5.74) is 1.88. The van der Waals surface area contributed by atoms with Crippen LogP contribution in [0.1, 0.15) is 16.1 Å². The Hall–Kier alpha value is -1.93. The zero-order valence-corrected chi connectivity index (χ0v) is 18.6. The number of carbonyl (C=O) groups excluding carboxylic acids is 1. The fourth-order valence-electron chi connectivity index (χ4n) is 2.64. The summed E-state index contributed by atoms with van der Waals surface area (Å²) >= 11 is 2.96. The van der Waals surface area contributed by atoms with Gasteiger partial charge >= 0.3 is 0 Å². The van der Waals surface area contributed by atoms with Crippen molar-refractivity contribution in [3.63, 3.8) is 0 Å². The van der Waals surface area contributed by atoms with Crippen molar-refractivity contribution >= 4 is 46.1 Å². The molecule has 1 amide bonds. The predicted molar refractivity (Wildman–Crippen MR) is 121 cm³/mol. The van der Waals surface area contributed by atoms with E-state index >= 15 is 0 Å². The molecule has 0 aliphatic heterocycles. The van der Waals surface area contributed by atoms with Crippen molar-refractivity contribution in [1.82, 2.24) is 9.88 Å². The van der Waals surface area contributed by atoms with Crippen molar-refractivity contribution in [2.75, 3.05) is 39.2 Å². The standard InChI is InChI=1S/C20H23N3O2S2.ClH/c1-22(2)11-5-12-23(19(24)18-6-4-13-26-18)20-21-17(14-27-20)15-7-9-16(25-3)10-8-15;/h4,6-10,13-14H,5,11-12H2,1-3H3;1H. The number of nitrogens with zero attached hydrogens (tertiary/aromatic N) is 3. The summed E-state index contributed by atoms with van der Waals surface area (Å²) in [5, 5.41) is 4.66. The van der Waals surface area contributed by atoms with Crippen LogP contribution in [0.15, 0.2) is 47.2 Å². The first-order valence-corrected chi connectivity index (χ1v) is 10.4. The van der Waals surface area contributed by atoms with Gasteiger partial charge in [-0.05, 0) is 62.8 Å². The van der Waals surface area contributed by atoms with Crippen LogP contribution in [0.4, 0.5) is 5.13 Å². The average molecular weight is 438 g/mol. The highest BCUT2D eigenvalue weighted by Gasteiger charge is 2.21. The molecule has 0 aliphatic carbocycles. The number of benzene rings is 1. The molecule has 0 aliphatic rings. The first-order valence-electron chi connectivity index (χ1n) is 8.68. The molecule has 0 bridgehead atoms. The van der Waals surface area contributed by atoms with E-state index in [0.717, 1.165) is 40.0 Å². The number of thiophene rings is 1. The number of rotatable bonds is 8. The molecule has 0 spiro atoms. The van der Waals surface area contributed by atoms with Gasteiger partial charge in [-0.1, -0.05) is 6.07 Å². The largest absolute Gasteiger partial charge is 0.497 e. The Morgan fingerprint density at radius 1 is 1.11 bits per heavy atom. The maximum atomic E-state index is 13.0. The third-order valence-corrected chi connectivity index (χ3v) is 5.79. The molecule has 0 saturated carbocycles. The van der Waals surface area contributed by atoms with Crippen LogP contribution in [0.2, 0.25) is 0 Å². The molecule has 8 heteroatoms. The van der Waals surface area contributed by atoms with Crippen LogP contribution in [-0.2, 0) is 0 Å². The Labute approximate surface area is 180 Å². The van der Waals surface area contributed by atoms with Gasteiger partial charge in [-0.3, -0.25) is 9.69 Å². The first kappa shape index (κ1) is 22.4. The quantitative estimate of drug-likeness (QED) is 0.502. The Morgan fingerprint density at radius 2 is 1.86 bits per heavy atom. The van der Waals surface area contributed by atoms with Gasteiger partial charge in [-0.15, -0.1) is 35.1 Å². The fourth-order valence-corrected chi connectivity index (χ4v) is 4.18. The lowest BCUT2D eigenvalue weighted by Crippen LogP contribution is -2.33. The Bertz CT molecular complexity index is 864. The second-order valence-corrected chi connectivity index (χ2v) is 8.12. The molecule has 0 atom stereocenters. The third-order valence-electron chi connectivity index (χ3n) is 4.07. The zero-order valence-electron chi connectivity index (χ0n) is 16.1. The van der Waals surface area contributed by atoms with Crippen LogP contribution >= 0.6 is 35.1 Å². The van der Waals surface area contributed by atoms with Crippen LogP contribution in [0.5, 0.6) is 5.75 Å². The summed E-state index contributed by atoms with van der Waals surface area (Å²) < 4.78 is 5.21. The number of aromatic nitrogens is 1. The number of amides is 1. The maximum absolute atomic E-state index is 13.0. The van der Waals surface area contributed by atoms with Gasteiger partial charge in [0.25, 0.3) is 5.91 Å². The number of carbonyl (C=O) groups is 1. The number of ether oxygens (including phenoxy) is 1. The van der Waals surface area contributed by atoms with E-state index in [-0.39, 0.29) is 18.3 Å². The van der Waals surface area contributed by atoms with Crippen LogP contribution in [-0.4, -0.2) is 50.1 Å². The minimum Gasteiger partial charge on any atom is -0.497 e. The first-order chi connectivity index (χ1) is 13.1. The lowest BCUT2D eigenvalue weighted by Gasteiger charge is -2.20. The smallest absolute Gasteiger partial charge is 0.270 e. The molecule has 0 unspecified atom stereocenters. The van der Waals surface area contributed by atoms with Crippen LogP contribution in [0.3, 0.4) is 0 Å². The van der Waals surface area contributed by atoms with Crippen LogP contribution < -0.4 is 9.64 Å². The highest BCUT2D eigenvalue weighted by molar-refractivity contribution is 7.14. The van der Waals surface area contributed by atoms with Gasteiger partial charge in [-0.25, -0.2) is 4.98 Å². The van der Waals surface area contributed by atoms with E-state index in [0.29, 0.717) is 6.54 Å². The Morgan fingerprint density at radius 3 is 2.46 bits per heavy atom. The third kappa shape index (κ3) is 5.54. The molecule has 3 aromatic rings. The molecule has 28 heavy (non-hydrogen) atoms. The second-order valence-electron chi connectivity index (χ2n) is 6.33. The van der Waals surface area contributed by atoms with Crippen LogP contribution in [0, 0.1) is 0 Å². The zero-order chi connectivity index (χ0) is 19.2. The van der Waals surface area contributed by atoms with Gasteiger partial charge in [0.2, 0.25) is 0 Å². The normalized spacial score (nSPS) is 10.6. The van der Waals surface area contributed by atoms with E-state index in [1.165, 1.54) is 22.7 Å². The molecule has 2 heterocycles. The molecule has 0 N–H and O–H groups in total. The molecule has 150 valence electrons. The molecule has 3 rings (SSSR count). The monoisotopic (exact) mass is 437 g/mol. The second kappa shape index (κ2) is 10.6. The highest BCUT2D eigenvalue weighted by Crippen LogP contribution is 2.30. The van der Waals surface area contributed by atoms with Crippen molar-refractivity contribution in [2.45, 2.75) is 6.42 Å². The lowest BCUT2D eigenvalue weighted by atomic mass is 10.2. The molecular formula is C20H24ClN3O2S2. The molecule has 5 nitrogen and oxygen atoms in total. The summed E-state index contributed by atoms with van der Waals surface area (Å²) in [6, 6.07) is 11.6. The number of thiazole rings is 1. The molecular weight excluding hydrogens is 414 g/mol. The number of methoxy groups -OCH3 is 1. The molecule has 0 radical (unpaired) electrons. The van der Waals surface area contributed by atoms with E-state index in [1.807, 2.05) is 61.3 Å². The molecule has 0 saturated heterocycles. The highest BCUT2D eigenvalue weighted by atomic mass is 35.5. The lowest BCUT2D eigenvalue weighted by molar-refractivity contribution is 0.0990. The number of halogens is 1. The predicted octanol–water partition coefficient (Wildman–Crippen LogP) is 4.90. The number of hydrogen-bond acceptors (Lipinski definition) is 6. The van der Waals surface area contributed by atoms with Crippen molar-refractivity contribution in [3.8, 4) is 17.0 Å². The van der Waals surface area contributed by atoms with Crippen molar-refractivity contribution in [2.24, 2.45) is 0 Å². The van der Waals surface area contributed by atoms with Crippen molar-refractivity contribution in [3.05, 3.63) is 52.0 Å². The Kier molecular flexibility index (Phi) is 8.44. The van der Waals surface area contributed by atoms with Gasteiger partial charge in [0.05, 0.1) is 17.7 Å². The SMILES string of the molecule is COc1ccc(-c2csc(N(CCCN(C)C)C(=O)c3cccs3)n2)cc1.Cl. The number of anilines is 1. The van der Waals surface area contributed by atoms with Gasteiger partial charge in [0, 0.05) is 17.5 Å². The van der Waals surface area contributed by atoms with E-state index in [2.05, 4.69) is 4.90 Å². The van der Waals surface area contributed by atoms with Gasteiger partial charge in [0.15, 0.2) is 5.13 Å². The van der Waals surface area contributed by atoms with E-state index in [9.17, 15) is 4.79 Å². The summed E-state index contributed by atoms with van der Waals surface area (Å²) in [7, 11) is 5.73. The topological polar surface area (TPSA) is 45.7 Å². The summed E-state index contributed by atoms with van der Waals surface area (Å²) in [5.74, 6) is 0.826. The molecule has 0 fully saturated rings. The summed E-state index contributed by atoms with van der Waals surface area (Å²) in [4.78, 5) is 22.4. The van der Waals surface area contributed by atoms with Crippen LogP contribution in [0.25, 0.3) is 11.3 Å². The van der Waals surface area contributed by atoms with E-state index < -0.39 is 0 Å². The van der Waals surface area contributed by atoms with Gasteiger partial charge < -0.3 is 9.64 Å². The van der Waals surface area contributed by atoms with Crippen molar-refractivity contribution < 1.29 is 9.53 Å². The average Bonchev–Trinajstić information content (AvgIpc) is 3.36. The summed E-state index contributed by atoms with van der Waals surface area (Å²) in [6.45, 7) is 1.56. The molecule has 1 aromatic carbocycles. The summed E-state index contributed by atoms with van der Waals surface area (Å²) in [6.07, 6.45) is 0.890. The molecule has 2 aromatic heterocycles. The van der Waals surface area contributed by atoms with E-state index in [1.54, 1.807) is 12.0 Å². The Balaban J connectivity index is 0.00000280. The minimum absolute atomic E-state index is 0. The van der Waals surface area contributed by atoms with E-state index in [4.69, 9.17) is 9.72 Å². The maximum Gasteiger partial charge on any atom is 0.270 e. The fraction of sp³-hybridized carbons (Fsp3) is 0.300. The number of hydrogen-bond donors (Lipinski definition) is 0. The van der Waals surface area contributed by atoms with Gasteiger partial charge in [-0.2, -0.15) is 0 Å².